The van der Waals surface area contributed by atoms with E-state index in [1.54, 1.807) is 0 Å². The van der Waals surface area contributed by atoms with Gasteiger partial charge in [0.1, 0.15) is 0 Å². The average molecular weight is 787 g/mol. The van der Waals surface area contributed by atoms with Gasteiger partial charge >= 0.3 is 5.97 Å². The van der Waals surface area contributed by atoms with Crippen LogP contribution >= 0.6 is 9.47 Å². The first-order valence-corrected chi connectivity index (χ1v) is 24.1. The van der Waals surface area contributed by atoms with Crippen molar-refractivity contribution in [3.63, 3.8) is 0 Å². The van der Waals surface area contributed by atoms with Gasteiger partial charge in [-0.15, -0.1) is 0 Å². The molecule has 0 aromatic carbocycles. The van der Waals surface area contributed by atoms with E-state index in [0.29, 0.717) is 47.0 Å². The third-order valence-electron chi connectivity index (χ3n) is 20.7. The van der Waals surface area contributed by atoms with Gasteiger partial charge in [-0.25, -0.2) is 0 Å². The molecule has 3 unspecified atom stereocenters. The lowest BCUT2D eigenvalue weighted by molar-refractivity contribution is -0.175. The Balaban J connectivity index is 0.000000169. The molecule has 8 rings (SSSR count). The van der Waals surface area contributed by atoms with Crippen LogP contribution in [0.2, 0.25) is 0 Å². The topological polar surface area (TPSA) is 107 Å². The smallest absolute Gasteiger partial charge is 0.303 e. The second-order valence-electron chi connectivity index (χ2n) is 22.6. The van der Waals surface area contributed by atoms with Gasteiger partial charge in [-0.05, 0) is 202 Å². The zero-order valence-electron chi connectivity index (χ0n) is 36.1. The predicted octanol–water partition coefficient (Wildman–Crippen LogP) is 10.7. The summed E-state index contributed by atoms with van der Waals surface area (Å²) in [6, 6.07) is 0. The molecule has 8 fully saturated rings. The number of aliphatic hydroxyl groups excluding tert-OH is 3. The molecule has 0 saturated heterocycles. The van der Waals surface area contributed by atoms with E-state index in [1.165, 1.54) is 77.0 Å². The van der Waals surface area contributed by atoms with Crippen molar-refractivity contribution >= 4 is 15.4 Å². The van der Waals surface area contributed by atoms with E-state index in [2.05, 4.69) is 57.9 Å². The first kappa shape index (κ1) is 42.8. The molecule has 8 aliphatic carbocycles. The summed E-state index contributed by atoms with van der Waals surface area (Å²) < 4.78 is 5.66. The maximum atomic E-state index is 11.5. The van der Waals surface area contributed by atoms with Gasteiger partial charge in [0.15, 0.2) is 0 Å². The van der Waals surface area contributed by atoms with Crippen LogP contribution in [0, 0.1) is 92.7 Å². The summed E-state index contributed by atoms with van der Waals surface area (Å²) in [5.74, 6) is 7.17. The van der Waals surface area contributed by atoms with Crippen molar-refractivity contribution in [2.75, 3.05) is 0 Å². The molecule has 0 aliphatic heterocycles. The number of carboxylic acids is 1. The lowest BCUT2D eigenvalue weighted by Crippen LogP contribution is -2.58. The van der Waals surface area contributed by atoms with Gasteiger partial charge in [0.2, 0.25) is 0 Å². The summed E-state index contributed by atoms with van der Waals surface area (Å²) in [5.41, 5.74) is 0.811. The molecular weight excluding hydrogens is 703 g/mol. The van der Waals surface area contributed by atoms with E-state index in [9.17, 15) is 20.1 Å². The van der Waals surface area contributed by atoms with Crippen LogP contribution in [-0.4, -0.2) is 50.8 Å². The highest BCUT2D eigenvalue weighted by Gasteiger charge is 2.65. The average Bonchev–Trinajstić information content (AvgIpc) is 3.71. The highest BCUT2D eigenvalue weighted by Crippen LogP contribution is 2.70. The first-order chi connectivity index (χ1) is 26.0. The zero-order valence-corrected chi connectivity index (χ0v) is 37.2. The number of aliphatic hydroxyl groups is 3. The lowest BCUT2D eigenvalue weighted by atomic mass is 9.43. The SMILES string of the molecule is CCC[C@@H](C)C1CC[C@H]2[C@@H]3CC[C@@H]4C[C@H](OP)CC[C@]4(C)[C@H]3C[C@H](O)[C@]12C.C[C@H](CCC(=O)O)C1CC[C@H]2[C@@H]3CC[C@@H]4C[C@H](O)CC[C@]4(C)[C@H]3C[C@H](O)[C@]12C. The Kier molecular flexibility index (Phi) is 12.7. The van der Waals surface area contributed by atoms with Gasteiger partial charge in [-0.1, -0.05) is 61.3 Å². The molecule has 0 bridgehead atoms. The Morgan fingerprint density at radius 2 is 1.15 bits per heavy atom. The molecule has 0 amide bonds. The van der Waals surface area contributed by atoms with Crippen LogP contribution < -0.4 is 0 Å². The molecule has 8 saturated carbocycles. The van der Waals surface area contributed by atoms with E-state index in [-0.39, 0.29) is 41.0 Å². The standard InChI is InChI=1S/C24H40O4.C24H43O2P/c1-14(4-9-22(27)28)18-7-8-19-17-6-5-15-12-16(25)10-11-23(15,2)20(17)13-21(26)24(18,19)3;1-5-6-15(2)19-9-10-20-18-8-7-16-13-17(26-27)11-12-23(16,3)21(18)14-22(25)24(19,20)4/h14-21,25-26H,4-13H2,1-3H3,(H,27,28);15-22,25H,5-14,27H2,1-4H3/t14-,15-,16-,17+,18?,19+,20+,21+,23+,24-;15-,16-,17-,18+,19?,20+,21+,22+,23+,24-/m11/s1. The quantitative estimate of drug-likeness (QED) is 0.183. The second-order valence-corrected chi connectivity index (χ2v) is 22.8. The number of hydrogen-bond acceptors (Lipinski definition) is 5. The number of rotatable bonds is 8. The van der Waals surface area contributed by atoms with Crippen molar-refractivity contribution in [1.29, 1.82) is 0 Å². The van der Waals surface area contributed by atoms with Crippen LogP contribution in [0.4, 0.5) is 0 Å². The van der Waals surface area contributed by atoms with E-state index < -0.39 is 5.97 Å². The van der Waals surface area contributed by atoms with Crippen molar-refractivity contribution in [2.45, 2.75) is 201 Å². The normalized spacial score (nSPS) is 52.5. The van der Waals surface area contributed by atoms with Crippen LogP contribution in [-0.2, 0) is 9.32 Å². The Labute approximate surface area is 338 Å². The van der Waals surface area contributed by atoms with Gasteiger partial charge in [0.25, 0.3) is 0 Å². The van der Waals surface area contributed by atoms with E-state index in [1.807, 2.05) is 0 Å². The molecule has 0 aromatic heterocycles. The van der Waals surface area contributed by atoms with Crippen LogP contribution in [0.15, 0.2) is 0 Å². The molecular formula is C48H83O6P. The molecule has 21 atom stereocenters. The highest BCUT2D eigenvalue weighted by atomic mass is 31.0. The van der Waals surface area contributed by atoms with Gasteiger partial charge < -0.3 is 24.9 Å². The van der Waals surface area contributed by atoms with E-state index in [0.717, 1.165) is 80.5 Å². The number of fused-ring (bicyclic) bond motifs is 10. The molecule has 55 heavy (non-hydrogen) atoms. The maximum Gasteiger partial charge on any atom is 0.303 e. The van der Waals surface area contributed by atoms with Crippen molar-refractivity contribution in [1.82, 2.24) is 0 Å². The first-order valence-electron chi connectivity index (χ1n) is 23.6. The van der Waals surface area contributed by atoms with E-state index >= 15 is 0 Å². The third kappa shape index (κ3) is 7.16. The van der Waals surface area contributed by atoms with Crippen molar-refractivity contribution in [2.24, 2.45) is 92.7 Å². The van der Waals surface area contributed by atoms with Gasteiger partial charge in [-0.3, -0.25) is 4.79 Å². The fraction of sp³-hybridized carbons (Fsp3) is 0.979. The lowest BCUT2D eigenvalue weighted by Gasteiger charge is -2.62. The summed E-state index contributed by atoms with van der Waals surface area (Å²) in [4.78, 5) is 11.1. The number of aliphatic carboxylic acids is 1. The van der Waals surface area contributed by atoms with Crippen molar-refractivity contribution in [3.8, 4) is 0 Å². The molecule has 0 heterocycles. The number of carbonyl (C=O) groups is 1. The van der Waals surface area contributed by atoms with Crippen LogP contribution in [0.25, 0.3) is 0 Å². The zero-order chi connectivity index (χ0) is 39.7. The molecule has 316 valence electrons. The Morgan fingerprint density at radius 1 is 0.655 bits per heavy atom. The Hall–Kier alpha value is -0.260. The summed E-state index contributed by atoms with van der Waals surface area (Å²) in [7, 11) is 2.50. The van der Waals surface area contributed by atoms with Crippen molar-refractivity contribution in [3.05, 3.63) is 0 Å². The number of hydrogen-bond donors (Lipinski definition) is 4. The van der Waals surface area contributed by atoms with Crippen LogP contribution in [0.1, 0.15) is 177 Å². The third-order valence-corrected chi connectivity index (χ3v) is 21.1. The minimum Gasteiger partial charge on any atom is -0.481 e. The molecule has 6 nitrogen and oxygen atoms in total. The van der Waals surface area contributed by atoms with Gasteiger partial charge in [0, 0.05) is 15.9 Å². The summed E-state index contributed by atoms with van der Waals surface area (Å²) in [5, 5.41) is 42.3. The Bertz CT molecular complexity index is 1340. The van der Waals surface area contributed by atoms with Crippen LogP contribution in [0.3, 0.4) is 0 Å². The highest BCUT2D eigenvalue weighted by molar-refractivity contribution is 7.09. The summed E-state index contributed by atoms with van der Waals surface area (Å²) in [6.07, 6.45) is 22.5. The molecule has 7 heteroatoms. The monoisotopic (exact) mass is 787 g/mol. The summed E-state index contributed by atoms with van der Waals surface area (Å²) in [6.45, 7) is 16.8. The molecule has 4 N–H and O–H groups in total. The maximum absolute atomic E-state index is 11.5. The summed E-state index contributed by atoms with van der Waals surface area (Å²) >= 11 is 0. The van der Waals surface area contributed by atoms with Gasteiger partial charge in [0.05, 0.1) is 24.4 Å². The molecule has 0 spiro atoms. The minimum absolute atomic E-state index is 0.0591. The van der Waals surface area contributed by atoms with Crippen LogP contribution in [0.5, 0.6) is 0 Å². The molecule has 0 radical (unpaired) electrons. The predicted molar refractivity (Wildman–Crippen MR) is 224 cm³/mol. The Morgan fingerprint density at radius 3 is 1.64 bits per heavy atom. The minimum atomic E-state index is -0.707. The van der Waals surface area contributed by atoms with Crippen molar-refractivity contribution < 1.29 is 29.7 Å². The fourth-order valence-corrected chi connectivity index (χ4v) is 17.9. The van der Waals surface area contributed by atoms with Gasteiger partial charge in [-0.2, -0.15) is 0 Å². The number of carboxylic acid groups (broad SMARTS) is 1. The largest absolute Gasteiger partial charge is 0.481 e. The second kappa shape index (κ2) is 16.3. The molecule has 8 aliphatic rings. The van der Waals surface area contributed by atoms with E-state index in [4.69, 9.17) is 9.63 Å². The fourth-order valence-electron chi connectivity index (χ4n) is 17.6. The molecule has 0 aromatic rings.